The maximum Gasteiger partial charge on any atom is 0.0100 e. The highest BCUT2D eigenvalue weighted by Crippen LogP contribution is 2.40. The number of alkyl halides is 1. The summed E-state index contributed by atoms with van der Waals surface area (Å²) in [5.74, 6) is 0.963. The van der Waals surface area contributed by atoms with Crippen molar-refractivity contribution < 1.29 is 0 Å². The topological polar surface area (TPSA) is 3.24 Å². The maximum absolute atomic E-state index is 3.75. The minimum atomic E-state index is 0.626. The molecule has 88 valence electrons. The van der Waals surface area contributed by atoms with E-state index in [9.17, 15) is 0 Å². The average molecular weight is 274 g/mol. The summed E-state index contributed by atoms with van der Waals surface area (Å²) in [6.45, 7) is 6.43. The van der Waals surface area contributed by atoms with Crippen molar-refractivity contribution in [3.8, 4) is 0 Å². The quantitative estimate of drug-likeness (QED) is 0.710. The second kappa shape index (κ2) is 5.18. The third-order valence-electron chi connectivity index (χ3n) is 4.38. The van der Waals surface area contributed by atoms with Crippen molar-refractivity contribution in [3.63, 3.8) is 0 Å². The van der Waals surface area contributed by atoms with E-state index in [1.165, 1.54) is 63.5 Å². The molecule has 1 aliphatic heterocycles. The Morgan fingerprint density at radius 2 is 1.80 bits per heavy atom. The molecule has 2 rings (SSSR count). The van der Waals surface area contributed by atoms with Crippen molar-refractivity contribution in [3.05, 3.63) is 0 Å². The average Bonchev–Trinajstić information content (AvgIpc) is 2.71. The molecule has 0 bridgehead atoms. The summed E-state index contributed by atoms with van der Waals surface area (Å²) < 4.78 is 0. The third-order valence-corrected chi connectivity index (χ3v) is 5.57. The fraction of sp³-hybridized carbons (Fsp3) is 1.00. The van der Waals surface area contributed by atoms with Crippen LogP contribution in [0.15, 0.2) is 0 Å². The zero-order chi connectivity index (χ0) is 10.7. The lowest BCUT2D eigenvalue weighted by Crippen LogP contribution is -2.41. The van der Waals surface area contributed by atoms with Crippen LogP contribution in [0.2, 0.25) is 0 Å². The summed E-state index contributed by atoms with van der Waals surface area (Å²) in [4.78, 5) is 2.71. The van der Waals surface area contributed by atoms with Gasteiger partial charge >= 0.3 is 0 Å². The first-order chi connectivity index (χ1) is 7.24. The van der Waals surface area contributed by atoms with Gasteiger partial charge in [-0.3, -0.25) is 0 Å². The van der Waals surface area contributed by atoms with E-state index >= 15 is 0 Å². The molecule has 0 amide bonds. The van der Waals surface area contributed by atoms with Crippen LogP contribution in [-0.2, 0) is 0 Å². The van der Waals surface area contributed by atoms with Crippen LogP contribution in [0, 0.1) is 11.3 Å². The molecule has 1 aliphatic carbocycles. The lowest BCUT2D eigenvalue weighted by Gasteiger charge is -2.37. The molecular weight excluding hydrogens is 250 g/mol. The molecule has 0 radical (unpaired) electrons. The van der Waals surface area contributed by atoms with Crippen LogP contribution in [-0.4, -0.2) is 29.9 Å². The summed E-state index contributed by atoms with van der Waals surface area (Å²) in [6, 6.07) is 0. The third kappa shape index (κ3) is 2.97. The van der Waals surface area contributed by atoms with E-state index in [1.54, 1.807) is 0 Å². The van der Waals surface area contributed by atoms with Crippen LogP contribution in [0.25, 0.3) is 0 Å². The number of halogens is 1. The second-order valence-corrected chi connectivity index (χ2v) is 6.36. The standard InChI is InChI=1S/C13H24BrN/c1-12-4-8-15(9-5-12)11-13(10-14)6-2-3-7-13/h12H,2-11H2,1H3. The number of nitrogens with zero attached hydrogens (tertiary/aromatic N) is 1. The van der Waals surface area contributed by atoms with Crippen molar-refractivity contribution in [2.24, 2.45) is 11.3 Å². The van der Waals surface area contributed by atoms with Crippen molar-refractivity contribution in [1.29, 1.82) is 0 Å². The largest absolute Gasteiger partial charge is 0.303 e. The van der Waals surface area contributed by atoms with Gasteiger partial charge in [-0.1, -0.05) is 35.7 Å². The number of hydrogen-bond acceptors (Lipinski definition) is 1. The Labute approximate surface area is 103 Å². The molecule has 2 heteroatoms. The Hall–Kier alpha value is 0.440. The molecule has 1 heterocycles. The maximum atomic E-state index is 3.75. The van der Waals surface area contributed by atoms with Gasteiger partial charge in [-0.15, -0.1) is 0 Å². The number of rotatable bonds is 3. The van der Waals surface area contributed by atoms with E-state index in [1.807, 2.05) is 0 Å². The number of piperidine rings is 1. The predicted octanol–water partition coefficient (Wildman–Crippen LogP) is 3.67. The van der Waals surface area contributed by atoms with Crippen LogP contribution in [0.5, 0.6) is 0 Å². The predicted molar refractivity (Wildman–Crippen MR) is 69.5 cm³/mol. The summed E-state index contributed by atoms with van der Waals surface area (Å²) in [5, 5.41) is 1.21. The molecular formula is C13H24BrN. The molecule has 0 N–H and O–H groups in total. The molecule has 15 heavy (non-hydrogen) atoms. The van der Waals surface area contributed by atoms with E-state index in [4.69, 9.17) is 0 Å². The summed E-state index contributed by atoms with van der Waals surface area (Å²) >= 11 is 3.75. The van der Waals surface area contributed by atoms with Crippen molar-refractivity contribution in [2.45, 2.75) is 45.4 Å². The fourth-order valence-electron chi connectivity index (χ4n) is 3.15. The Balaban J connectivity index is 1.84. The van der Waals surface area contributed by atoms with Crippen LogP contribution in [0.3, 0.4) is 0 Å². The van der Waals surface area contributed by atoms with Gasteiger partial charge in [-0.25, -0.2) is 0 Å². The van der Waals surface area contributed by atoms with Crippen LogP contribution < -0.4 is 0 Å². The van der Waals surface area contributed by atoms with E-state index in [2.05, 4.69) is 27.8 Å². The molecule has 0 spiro atoms. The molecule has 2 fully saturated rings. The van der Waals surface area contributed by atoms with Gasteiger partial charge in [-0.05, 0) is 50.1 Å². The van der Waals surface area contributed by atoms with Gasteiger partial charge < -0.3 is 4.90 Å². The molecule has 1 saturated heterocycles. The van der Waals surface area contributed by atoms with Gasteiger partial charge in [-0.2, -0.15) is 0 Å². The fourth-order valence-corrected chi connectivity index (χ4v) is 3.89. The first-order valence-corrected chi connectivity index (χ1v) is 7.65. The Morgan fingerprint density at radius 1 is 1.20 bits per heavy atom. The van der Waals surface area contributed by atoms with Gasteiger partial charge in [0.1, 0.15) is 0 Å². The van der Waals surface area contributed by atoms with E-state index in [-0.39, 0.29) is 0 Å². The zero-order valence-corrected chi connectivity index (χ0v) is 11.6. The summed E-state index contributed by atoms with van der Waals surface area (Å²) in [5.41, 5.74) is 0.626. The lowest BCUT2D eigenvalue weighted by atomic mass is 9.87. The van der Waals surface area contributed by atoms with E-state index in [0.717, 1.165) is 5.92 Å². The molecule has 1 saturated carbocycles. The molecule has 0 aromatic carbocycles. The van der Waals surface area contributed by atoms with Gasteiger partial charge in [0.2, 0.25) is 0 Å². The normalized spacial score (nSPS) is 28.4. The van der Waals surface area contributed by atoms with E-state index < -0.39 is 0 Å². The SMILES string of the molecule is CC1CCN(CC2(CBr)CCCC2)CC1. The Bertz CT molecular complexity index is 191. The molecule has 0 atom stereocenters. The number of likely N-dealkylation sites (tertiary alicyclic amines) is 1. The highest BCUT2D eigenvalue weighted by atomic mass is 79.9. The molecule has 0 aromatic heterocycles. The van der Waals surface area contributed by atoms with Crippen LogP contribution in [0.4, 0.5) is 0 Å². The van der Waals surface area contributed by atoms with Crippen molar-refractivity contribution >= 4 is 15.9 Å². The van der Waals surface area contributed by atoms with Gasteiger partial charge in [0.15, 0.2) is 0 Å². The molecule has 1 nitrogen and oxygen atoms in total. The minimum absolute atomic E-state index is 0.626. The van der Waals surface area contributed by atoms with Gasteiger partial charge in [0.05, 0.1) is 0 Å². The van der Waals surface area contributed by atoms with Gasteiger partial charge in [0.25, 0.3) is 0 Å². The molecule has 0 unspecified atom stereocenters. The van der Waals surface area contributed by atoms with E-state index in [0.29, 0.717) is 5.41 Å². The first kappa shape index (κ1) is 11.9. The highest BCUT2D eigenvalue weighted by Gasteiger charge is 2.35. The first-order valence-electron chi connectivity index (χ1n) is 6.52. The summed E-state index contributed by atoms with van der Waals surface area (Å²) in [7, 11) is 0. The Morgan fingerprint density at radius 3 is 2.33 bits per heavy atom. The smallest absolute Gasteiger partial charge is 0.0100 e. The Kier molecular flexibility index (Phi) is 4.11. The highest BCUT2D eigenvalue weighted by molar-refractivity contribution is 9.09. The van der Waals surface area contributed by atoms with Crippen LogP contribution >= 0.6 is 15.9 Å². The van der Waals surface area contributed by atoms with Crippen molar-refractivity contribution in [2.75, 3.05) is 25.0 Å². The summed E-state index contributed by atoms with van der Waals surface area (Å²) in [6.07, 6.45) is 8.64. The monoisotopic (exact) mass is 273 g/mol. The minimum Gasteiger partial charge on any atom is -0.303 e. The number of hydrogen-bond donors (Lipinski definition) is 0. The van der Waals surface area contributed by atoms with Crippen molar-refractivity contribution in [1.82, 2.24) is 4.90 Å². The van der Waals surface area contributed by atoms with Gasteiger partial charge in [0, 0.05) is 11.9 Å². The molecule has 0 aromatic rings. The molecule has 2 aliphatic rings. The zero-order valence-electron chi connectivity index (χ0n) is 9.97. The van der Waals surface area contributed by atoms with Crippen LogP contribution in [0.1, 0.15) is 45.4 Å². The second-order valence-electron chi connectivity index (χ2n) is 5.80. The lowest BCUT2D eigenvalue weighted by molar-refractivity contribution is 0.129.